The van der Waals surface area contributed by atoms with Crippen molar-refractivity contribution in [3.05, 3.63) is 33.9 Å². The normalized spacial score (nSPS) is 16.5. The van der Waals surface area contributed by atoms with Gasteiger partial charge < -0.3 is 16.0 Å². The Hall–Kier alpha value is -2.64. The number of hydrogen-bond acceptors (Lipinski definition) is 5. The first kappa shape index (κ1) is 15.3. The number of hydrogen-bond donors (Lipinski definition) is 3. The highest BCUT2D eigenvalue weighted by Crippen LogP contribution is 2.31. The Morgan fingerprint density at radius 1 is 1.17 bits per heavy atom. The lowest BCUT2D eigenvalue weighted by Crippen LogP contribution is -2.37. The van der Waals surface area contributed by atoms with Gasteiger partial charge in [0.1, 0.15) is 5.69 Å². The molecule has 8 heteroatoms. The third kappa shape index (κ3) is 4.18. The molecule has 8 nitrogen and oxygen atoms in total. The fourth-order valence-corrected chi connectivity index (χ4v) is 2.16. The number of nitro groups is 1. The van der Waals surface area contributed by atoms with E-state index < -0.39 is 10.8 Å². The van der Waals surface area contributed by atoms with Gasteiger partial charge in [0.25, 0.3) is 11.6 Å². The van der Waals surface area contributed by atoms with Crippen molar-refractivity contribution in [3.8, 4) is 0 Å². The lowest BCUT2D eigenvalue weighted by molar-refractivity contribution is -0.384. The van der Waals surface area contributed by atoms with Crippen LogP contribution in [-0.2, 0) is 4.79 Å². The van der Waals surface area contributed by atoms with Gasteiger partial charge >= 0.3 is 0 Å². The van der Waals surface area contributed by atoms with E-state index in [2.05, 4.69) is 16.0 Å². The van der Waals surface area contributed by atoms with Crippen LogP contribution in [0.4, 0.5) is 11.4 Å². The molecule has 2 saturated carbocycles. The van der Waals surface area contributed by atoms with Crippen LogP contribution in [0.15, 0.2) is 18.2 Å². The first-order valence-electron chi connectivity index (χ1n) is 7.65. The van der Waals surface area contributed by atoms with Gasteiger partial charge in [0.15, 0.2) is 0 Å². The summed E-state index contributed by atoms with van der Waals surface area (Å²) in [7, 11) is 0. The molecule has 1 aromatic rings. The van der Waals surface area contributed by atoms with E-state index in [-0.39, 0.29) is 35.8 Å². The second-order valence-electron chi connectivity index (χ2n) is 5.93. The average Bonchev–Trinajstić information content (AvgIpc) is 3.41. The molecule has 3 rings (SSSR count). The Balaban J connectivity index is 1.63. The van der Waals surface area contributed by atoms with Crippen LogP contribution in [0.3, 0.4) is 0 Å². The number of amides is 2. The molecule has 1 aromatic carbocycles. The fourth-order valence-electron chi connectivity index (χ4n) is 2.16. The molecule has 0 aliphatic heterocycles. The largest absolute Gasteiger partial charge is 0.377 e. The molecule has 0 radical (unpaired) electrons. The first-order chi connectivity index (χ1) is 11.0. The molecule has 0 aromatic heterocycles. The zero-order valence-electron chi connectivity index (χ0n) is 12.5. The monoisotopic (exact) mass is 318 g/mol. The molecular formula is C15H18N4O4. The van der Waals surface area contributed by atoms with Gasteiger partial charge in [0.05, 0.1) is 11.5 Å². The second-order valence-corrected chi connectivity index (χ2v) is 5.93. The van der Waals surface area contributed by atoms with Crippen LogP contribution < -0.4 is 16.0 Å². The average molecular weight is 318 g/mol. The Labute approximate surface area is 132 Å². The summed E-state index contributed by atoms with van der Waals surface area (Å²) >= 11 is 0. The molecule has 122 valence electrons. The third-order valence-corrected chi connectivity index (χ3v) is 3.75. The predicted octanol–water partition coefficient (Wildman–Crippen LogP) is 1.18. The van der Waals surface area contributed by atoms with E-state index in [1.165, 1.54) is 18.2 Å². The SMILES string of the molecule is O=C(CNC(=O)c1ccc(NC2CC2)c([N+](=O)[O-])c1)NC1CC1. The van der Waals surface area contributed by atoms with Crippen LogP contribution in [0.2, 0.25) is 0 Å². The summed E-state index contributed by atoms with van der Waals surface area (Å²) in [6.07, 6.45) is 3.94. The molecule has 0 bridgehead atoms. The quantitative estimate of drug-likeness (QED) is 0.516. The summed E-state index contributed by atoms with van der Waals surface area (Å²) in [4.78, 5) is 34.2. The minimum Gasteiger partial charge on any atom is -0.377 e. The van der Waals surface area contributed by atoms with Gasteiger partial charge in [-0.25, -0.2) is 0 Å². The molecule has 0 saturated heterocycles. The highest BCUT2D eigenvalue weighted by atomic mass is 16.6. The number of nitro benzene ring substituents is 1. The van der Waals surface area contributed by atoms with Crippen molar-refractivity contribution in [1.82, 2.24) is 10.6 Å². The maximum Gasteiger partial charge on any atom is 0.293 e. The van der Waals surface area contributed by atoms with Crippen LogP contribution in [0, 0.1) is 10.1 Å². The van der Waals surface area contributed by atoms with Crippen molar-refractivity contribution < 1.29 is 14.5 Å². The highest BCUT2D eigenvalue weighted by Gasteiger charge is 2.26. The minimum absolute atomic E-state index is 0.132. The summed E-state index contributed by atoms with van der Waals surface area (Å²) in [5.74, 6) is -0.751. The molecule has 3 N–H and O–H groups in total. The summed E-state index contributed by atoms with van der Waals surface area (Å²) < 4.78 is 0. The zero-order chi connectivity index (χ0) is 16.4. The molecule has 2 aliphatic rings. The molecule has 0 atom stereocenters. The number of carbonyl (C=O) groups excluding carboxylic acids is 2. The fraction of sp³-hybridized carbons (Fsp3) is 0.467. The Morgan fingerprint density at radius 3 is 2.48 bits per heavy atom. The van der Waals surface area contributed by atoms with E-state index in [0.717, 1.165) is 25.7 Å². The summed E-state index contributed by atoms with van der Waals surface area (Å²) in [6.45, 7) is -0.134. The summed E-state index contributed by atoms with van der Waals surface area (Å²) in [5, 5.41) is 19.5. The van der Waals surface area contributed by atoms with E-state index in [0.29, 0.717) is 5.69 Å². The molecule has 23 heavy (non-hydrogen) atoms. The van der Waals surface area contributed by atoms with Gasteiger partial charge in [-0.15, -0.1) is 0 Å². The lowest BCUT2D eigenvalue weighted by atomic mass is 10.1. The van der Waals surface area contributed by atoms with Crippen molar-refractivity contribution in [2.45, 2.75) is 37.8 Å². The number of benzene rings is 1. The van der Waals surface area contributed by atoms with E-state index in [4.69, 9.17) is 0 Å². The van der Waals surface area contributed by atoms with Crippen molar-refractivity contribution >= 4 is 23.2 Å². The zero-order valence-corrected chi connectivity index (χ0v) is 12.5. The highest BCUT2D eigenvalue weighted by molar-refractivity contribution is 5.97. The smallest absolute Gasteiger partial charge is 0.293 e. The molecule has 0 spiro atoms. The van der Waals surface area contributed by atoms with Crippen molar-refractivity contribution in [1.29, 1.82) is 0 Å². The molecule has 2 amide bonds. The van der Waals surface area contributed by atoms with E-state index in [1.807, 2.05) is 0 Å². The van der Waals surface area contributed by atoms with Crippen molar-refractivity contribution in [2.24, 2.45) is 0 Å². The van der Waals surface area contributed by atoms with Crippen LogP contribution in [0.1, 0.15) is 36.0 Å². The van der Waals surface area contributed by atoms with Gasteiger partial charge in [-0.3, -0.25) is 19.7 Å². The Kier molecular flexibility index (Phi) is 4.14. The summed E-state index contributed by atoms with van der Waals surface area (Å²) in [6, 6.07) is 4.80. The number of nitrogens with one attached hydrogen (secondary N) is 3. The maximum atomic E-state index is 12.0. The number of anilines is 1. The van der Waals surface area contributed by atoms with Crippen molar-refractivity contribution in [2.75, 3.05) is 11.9 Å². The number of carbonyl (C=O) groups is 2. The third-order valence-electron chi connectivity index (χ3n) is 3.75. The molecule has 2 fully saturated rings. The Bertz CT molecular complexity index is 653. The van der Waals surface area contributed by atoms with Gasteiger partial charge in [0, 0.05) is 23.7 Å². The van der Waals surface area contributed by atoms with E-state index >= 15 is 0 Å². The molecule has 0 heterocycles. The standard InChI is InChI=1S/C15H18N4O4/c20-14(18-11-4-5-11)8-16-15(21)9-1-6-12(17-10-2-3-10)13(7-9)19(22)23/h1,6-7,10-11,17H,2-5,8H2,(H,16,21)(H,18,20). The first-order valence-corrected chi connectivity index (χ1v) is 7.65. The number of rotatable bonds is 7. The van der Waals surface area contributed by atoms with Gasteiger partial charge in [-0.05, 0) is 37.8 Å². The topological polar surface area (TPSA) is 113 Å². The van der Waals surface area contributed by atoms with Crippen molar-refractivity contribution in [3.63, 3.8) is 0 Å². The van der Waals surface area contributed by atoms with Crippen LogP contribution in [-0.4, -0.2) is 35.4 Å². The van der Waals surface area contributed by atoms with Crippen LogP contribution in [0.25, 0.3) is 0 Å². The van der Waals surface area contributed by atoms with E-state index in [1.54, 1.807) is 0 Å². The van der Waals surface area contributed by atoms with E-state index in [9.17, 15) is 19.7 Å². The minimum atomic E-state index is -0.513. The van der Waals surface area contributed by atoms with Gasteiger partial charge in [-0.1, -0.05) is 0 Å². The van der Waals surface area contributed by atoms with Gasteiger partial charge in [-0.2, -0.15) is 0 Å². The lowest BCUT2D eigenvalue weighted by Gasteiger charge is -2.09. The molecule has 2 aliphatic carbocycles. The molecule has 0 unspecified atom stereocenters. The van der Waals surface area contributed by atoms with Crippen LogP contribution in [0.5, 0.6) is 0 Å². The molecular weight excluding hydrogens is 300 g/mol. The Morgan fingerprint density at radius 2 is 1.87 bits per heavy atom. The maximum absolute atomic E-state index is 12.0. The second kappa shape index (κ2) is 6.23. The summed E-state index contributed by atoms with van der Waals surface area (Å²) in [5.41, 5.74) is 0.449. The predicted molar refractivity (Wildman–Crippen MR) is 83.2 cm³/mol. The van der Waals surface area contributed by atoms with Crippen LogP contribution >= 0.6 is 0 Å². The van der Waals surface area contributed by atoms with Gasteiger partial charge in [0.2, 0.25) is 5.91 Å². The number of nitrogens with zero attached hydrogens (tertiary/aromatic N) is 1.